The Bertz CT molecular complexity index is 723. The summed E-state index contributed by atoms with van der Waals surface area (Å²) >= 11 is 0. The minimum atomic E-state index is -0.839. The van der Waals surface area contributed by atoms with Gasteiger partial charge >= 0.3 is 0 Å². The van der Waals surface area contributed by atoms with E-state index in [0.717, 1.165) is 25.1 Å². The van der Waals surface area contributed by atoms with Crippen LogP contribution in [0.1, 0.15) is 24.8 Å². The van der Waals surface area contributed by atoms with Crippen molar-refractivity contribution in [3.63, 3.8) is 0 Å². The first-order chi connectivity index (χ1) is 13.6. The van der Waals surface area contributed by atoms with Crippen LogP contribution in [0.15, 0.2) is 60.7 Å². The molecule has 3 rings (SSSR count). The highest BCUT2D eigenvalue weighted by Crippen LogP contribution is 2.24. The van der Waals surface area contributed by atoms with Gasteiger partial charge < -0.3 is 15.2 Å². The second-order valence-corrected chi connectivity index (χ2v) is 7.54. The smallest absolute Gasteiger partial charge is 0.234 e. The molecular weight excluding hydrogens is 352 g/mol. The molecule has 5 heteroatoms. The first-order valence-corrected chi connectivity index (χ1v) is 10.1. The zero-order chi connectivity index (χ0) is 19.7. The molecule has 1 saturated heterocycles. The van der Waals surface area contributed by atoms with Crippen LogP contribution in [0.2, 0.25) is 0 Å². The number of carbonyl (C=O) groups excluding carboxylic acids is 1. The van der Waals surface area contributed by atoms with Crippen molar-refractivity contribution in [2.75, 3.05) is 32.8 Å². The van der Waals surface area contributed by atoms with Crippen molar-refractivity contribution < 1.29 is 14.6 Å². The van der Waals surface area contributed by atoms with Gasteiger partial charge in [-0.05, 0) is 49.9 Å². The fourth-order valence-electron chi connectivity index (χ4n) is 3.52. The number of benzene rings is 2. The number of carbonyl (C=O) groups is 1. The third-order valence-electron chi connectivity index (χ3n) is 5.21. The summed E-state index contributed by atoms with van der Waals surface area (Å²) in [6, 6.07) is 19.7. The summed E-state index contributed by atoms with van der Waals surface area (Å²) < 4.78 is 5.77. The molecule has 150 valence electrons. The second kappa shape index (κ2) is 10.2. The van der Waals surface area contributed by atoms with Gasteiger partial charge in [0.15, 0.2) is 0 Å². The third kappa shape index (κ3) is 6.66. The second-order valence-electron chi connectivity index (χ2n) is 7.54. The number of para-hydroxylation sites is 1. The molecular formula is C23H30N2O3. The predicted molar refractivity (Wildman–Crippen MR) is 110 cm³/mol. The maximum Gasteiger partial charge on any atom is 0.234 e. The Kier molecular flexibility index (Phi) is 7.46. The highest BCUT2D eigenvalue weighted by Gasteiger charge is 2.31. The van der Waals surface area contributed by atoms with Crippen LogP contribution in [-0.4, -0.2) is 54.3 Å². The highest BCUT2D eigenvalue weighted by atomic mass is 16.5. The molecule has 2 N–H and O–H groups in total. The van der Waals surface area contributed by atoms with E-state index in [0.29, 0.717) is 32.5 Å². The van der Waals surface area contributed by atoms with E-state index in [2.05, 4.69) is 22.3 Å². The van der Waals surface area contributed by atoms with Crippen molar-refractivity contribution in [3.05, 3.63) is 66.2 Å². The van der Waals surface area contributed by atoms with Crippen molar-refractivity contribution >= 4 is 5.91 Å². The Morgan fingerprint density at radius 2 is 1.75 bits per heavy atom. The summed E-state index contributed by atoms with van der Waals surface area (Å²) in [6.45, 7) is 2.82. The number of hydrogen-bond donors (Lipinski definition) is 2. The molecule has 28 heavy (non-hydrogen) atoms. The lowest BCUT2D eigenvalue weighted by molar-refractivity contribution is -0.122. The van der Waals surface area contributed by atoms with E-state index in [1.807, 2.05) is 48.5 Å². The summed E-state index contributed by atoms with van der Waals surface area (Å²) in [6.07, 6.45) is 2.98. The van der Waals surface area contributed by atoms with Crippen molar-refractivity contribution in [1.82, 2.24) is 10.2 Å². The third-order valence-corrected chi connectivity index (χ3v) is 5.21. The highest BCUT2D eigenvalue weighted by molar-refractivity contribution is 5.78. The Labute approximate surface area is 167 Å². The average molecular weight is 383 g/mol. The van der Waals surface area contributed by atoms with Crippen molar-refractivity contribution in [3.8, 4) is 5.75 Å². The maximum atomic E-state index is 12.2. The summed E-state index contributed by atoms with van der Waals surface area (Å²) in [7, 11) is 0. The minimum Gasteiger partial charge on any atom is -0.491 e. The summed E-state index contributed by atoms with van der Waals surface area (Å²) in [5, 5.41) is 13.9. The Morgan fingerprint density at radius 3 is 2.50 bits per heavy atom. The molecule has 1 heterocycles. The fourth-order valence-corrected chi connectivity index (χ4v) is 3.52. The van der Waals surface area contributed by atoms with E-state index in [4.69, 9.17) is 4.74 Å². The van der Waals surface area contributed by atoms with Gasteiger partial charge in [-0.3, -0.25) is 9.69 Å². The van der Waals surface area contributed by atoms with Crippen LogP contribution in [0.3, 0.4) is 0 Å². The molecule has 0 saturated carbocycles. The molecule has 1 amide bonds. The molecule has 1 atom stereocenters. The van der Waals surface area contributed by atoms with Gasteiger partial charge in [-0.2, -0.15) is 0 Å². The van der Waals surface area contributed by atoms with Crippen LogP contribution in [0, 0.1) is 0 Å². The molecule has 0 spiro atoms. The quantitative estimate of drug-likeness (QED) is 0.737. The summed E-state index contributed by atoms with van der Waals surface area (Å²) in [5.41, 5.74) is 0.384. The van der Waals surface area contributed by atoms with E-state index in [-0.39, 0.29) is 12.5 Å². The van der Waals surface area contributed by atoms with Gasteiger partial charge in [0.2, 0.25) is 5.91 Å². The maximum absolute atomic E-state index is 12.2. The normalized spacial score (nSPS) is 20.3. The molecule has 1 aliphatic heterocycles. The topological polar surface area (TPSA) is 61.8 Å². The Hall–Kier alpha value is -2.37. The number of hydrogen-bond acceptors (Lipinski definition) is 4. The molecule has 0 aliphatic carbocycles. The molecule has 0 radical (unpaired) electrons. The van der Waals surface area contributed by atoms with Crippen LogP contribution in [0.5, 0.6) is 5.75 Å². The van der Waals surface area contributed by atoms with Crippen molar-refractivity contribution in [1.29, 1.82) is 0 Å². The SMILES string of the molecule is O=C(CN1CCCC(O)(COc2ccccc2)CC1)NCCc1ccccc1. The predicted octanol–water partition coefficient (Wildman–Crippen LogP) is 2.64. The standard InChI is InChI=1S/C23H30N2O3/c26-22(24-15-12-20-8-3-1-4-9-20)18-25-16-7-13-23(27,14-17-25)19-28-21-10-5-2-6-11-21/h1-6,8-11,27H,7,12-19H2,(H,24,26). The first kappa shape index (κ1) is 20.4. The van der Waals surface area contributed by atoms with Crippen molar-refractivity contribution in [2.24, 2.45) is 0 Å². The van der Waals surface area contributed by atoms with E-state index in [1.165, 1.54) is 5.56 Å². The average Bonchev–Trinajstić information content (AvgIpc) is 2.90. The van der Waals surface area contributed by atoms with Crippen LogP contribution >= 0.6 is 0 Å². The first-order valence-electron chi connectivity index (χ1n) is 10.1. The number of amides is 1. The number of ether oxygens (including phenoxy) is 1. The van der Waals surface area contributed by atoms with Crippen LogP contribution in [0.4, 0.5) is 0 Å². The molecule has 0 aromatic heterocycles. The van der Waals surface area contributed by atoms with Gasteiger partial charge in [-0.25, -0.2) is 0 Å². The molecule has 2 aromatic rings. The van der Waals surface area contributed by atoms with E-state index < -0.39 is 5.60 Å². The number of likely N-dealkylation sites (tertiary alicyclic amines) is 1. The Balaban J connectivity index is 1.38. The molecule has 0 bridgehead atoms. The van der Waals surface area contributed by atoms with Crippen molar-refractivity contribution in [2.45, 2.75) is 31.3 Å². The van der Waals surface area contributed by atoms with Crippen LogP contribution in [-0.2, 0) is 11.2 Å². The Morgan fingerprint density at radius 1 is 1.04 bits per heavy atom. The van der Waals surface area contributed by atoms with Gasteiger partial charge in [0.1, 0.15) is 12.4 Å². The number of aliphatic hydroxyl groups is 1. The van der Waals surface area contributed by atoms with Crippen LogP contribution < -0.4 is 10.1 Å². The monoisotopic (exact) mass is 382 g/mol. The zero-order valence-electron chi connectivity index (χ0n) is 16.3. The minimum absolute atomic E-state index is 0.0434. The van der Waals surface area contributed by atoms with E-state index in [9.17, 15) is 9.90 Å². The van der Waals surface area contributed by atoms with Gasteiger partial charge in [-0.15, -0.1) is 0 Å². The van der Waals surface area contributed by atoms with Gasteiger partial charge in [0.05, 0.1) is 12.1 Å². The largest absolute Gasteiger partial charge is 0.491 e. The summed E-state index contributed by atoms with van der Waals surface area (Å²) in [5.74, 6) is 0.816. The number of nitrogens with one attached hydrogen (secondary N) is 1. The molecule has 1 aliphatic rings. The molecule has 1 unspecified atom stereocenters. The van der Waals surface area contributed by atoms with E-state index in [1.54, 1.807) is 0 Å². The molecule has 1 fully saturated rings. The lowest BCUT2D eigenvalue weighted by Crippen LogP contribution is -2.40. The van der Waals surface area contributed by atoms with E-state index >= 15 is 0 Å². The fraction of sp³-hybridized carbons (Fsp3) is 0.435. The summed E-state index contributed by atoms with van der Waals surface area (Å²) in [4.78, 5) is 14.4. The van der Waals surface area contributed by atoms with Gasteiger partial charge in [0.25, 0.3) is 0 Å². The molecule has 2 aromatic carbocycles. The van der Waals surface area contributed by atoms with Gasteiger partial charge in [0, 0.05) is 13.1 Å². The van der Waals surface area contributed by atoms with Crippen LogP contribution in [0.25, 0.3) is 0 Å². The van der Waals surface area contributed by atoms with Gasteiger partial charge in [-0.1, -0.05) is 48.5 Å². The zero-order valence-corrected chi connectivity index (χ0v) is 16.3. The lowest BCUT2D eigenvalue weighted by atomic mass is 9.96. The molecule has 5 nitrogen and oxygen atoms in total. The lowest BCUT2D eigenvalue weighted by Gasteiger charge is -2.27. The number of nitrogens with zero attached hydrogens (tertiary/aromatic N) is 1. The number of rotatable bonds is 8.